The fourth-order valence-corrected chi connectivity index (χ4v) is 5.49. The monoisotopic (exact) mass is 545 g/mol. The number of ether oxygens (including phenoxy) is 2. The van der Waals surface area contributed by atoms with E-state index in [1.807, 2.05) is 12.1 Å². The van der Waals surface area contributed by atoms with Crippen LogP contribution in [-0.2, 0) is 0 Å². The number of nitrogen functional groups attached to an aromatic ring is 1. The lowest BCUT2D eigenvalue weighted by molar-refractivity contribution is 0.0981. The molecular formula is C27H35N11O2. The van der Waals surface area contributed by atoms with Crippen LogP contribution >= 0.6 is 0 Å². The van der Waals surface area contributed by atoms with Crippen molar-refractivity contribution in [1.29, 1.82) is 0 Å². The van der Waals surface area contributed by atoms with Crippen LogP contribution in [0.1, 0.15) is 12.8 Å². The standard InChI is InChI=1S/C27H35N11O2/c1-35-10-12-36(13-11-35)19-6-8-37(9-7-19)24-5-4-18(16-29-24)32-27-33-26(28)38(34-27)25-20-14-22(39-2)23(40-3)15-21(20)30-17-31-25/h4-5,14-17,19H,6-13H2,1-3H3,(H3,28,32,33,34). The first kappa shape index (κ1) is 26.0. The molecule has 0 spiro atoms. The average molecular weight is 546 g/mol. The molecule has 0 radical (unpaired) electrons. The van der Waals surface area contributed by atoms with E-state index >= 15 is 0 Å². The van der Waals surface area contributed by atoms with Gasteiger partial charge in [-0.3, -0.25) is 4.90 Å². The van der Waals surface area contributed by atoms with E-state index in [0.29, 0.717) is 40.2 Å². The number of anilines is 4. The zero-order valence-electron chi connectivity index (χ0n) is 23.1. The third-order valence-electron chi connectivity index (χ3n) is 7.80. The molecular weight excluding hydrogens is 510 g/mol. The van der Waals surface area contributed by atoms with E-state index in [0.717, 1.165) is 37.7 Å². The number of benzene rings is 1. The summed E-state index contributed by atoms with van der Waals surface area (Å²) in [5, 5.41) is 8.46. The van der Waals surface area contributed by atoms with Crippen molar-refractivity contribution in [2.45, 2.75) is 18.9 Å². The molecule has 13 nitrogen and oxygen atoms in total. The normalized spacial score (nSPS) is 17.3. The third kappa shape index (κ3) is 5.17. The quantitative estimate of drug-likeness (QED) is 0.352. The van der Waals surface area contributed by atoms with Gasteiger partial charge in [0.2, 0.25) is 11.9 Å². The Labute approximate surface area is 232 Å². The molecule has 0 bridgehead atoms. The second-order valence-corrected chi connectivity index (χ2v) is 10.2. The highest BCUT2D eigenvalue weighted by molar-refractivity contribution is 5.88. The van der Waals surface area contributed by atoms with Crippen LogP contribution in [0.4, 0.5) is 23.4 Å². The van der Waals surface area contributed by atoms with Crippen LogP contribution in [0.15, 0.2) is 36.8 Å². The van der Waals surface area contributed by atoms with Crippen LogP contribution in [0.2, 0.25) is 0 Å². The molecule has 5 heterocycles. The van der Waals surface area contributed by atoms with Gasteiger partial charge < -0.3 is 30.3 Å². The maximum Gasteiger partial charge on any atom is 0.248 e. The molecule has 3 aromatic heterocycles. The number of piperazine rings is 1. The lowest BCUT2D eigenvalue weighted by Gasteiger charge is -2.42. The van der Waals surface area contributed by atoms with Crippen LogP contribution < -0.4 is 25.4 Å². The number of aromatic nitrogens is 6. The molecule has 0 atom stereocenters. The summed E-state index contributed by atoms with van der Waals surface area (Å²) in [6, 6.07) is 8.29. The van der Waals surface area contributed by atoms with Gasteiger partial charge in [-0.25, -0.2) is 15.0 Å². The fourth-order valence-electron chi connectivity index (χ4n) is 5.49. The Kier molecular flexibility index (Phi) is 7.22. The van der Waals surface area contributed by atoms with Gasteiger partial charge in [0, 0.05) is 56.8 Å². The van der Waals surface area contributed by atoms with Crippen molar-refractivity contribution in [3.63, 3.8) is 0 Å². The number of nitrogens with one attached hydrogen (secondary N) is 1. The largest absolute Gasteiger partial charge is 0.493 e. The summed E-state index contributed by atoms with van der Waals surface area (Å²) in [6.07, 6.45) is 5.59. The molecule has 0 amide bonds. The van der Waals surface area contributed by atoms with Gasteiger partial charge in [-0.1, -0.05) is 0 Å². The van der Waals surface area contributed by atoms with Crippen LogP contribution in [0.5, 0.6) is 11.5 Å². The summed E-state index contributed by atoms with van der Waals surface area (Å²) in [5.74, 6) is 3.12. The predicted molar refractivity (Wildman–Crippen MR) is 154 cm³/mol. The molecule has 6 rings (SSSR count). The molecule has 3 N–H and O–H groups in total. The van der Waals surface area contributed by atoms with E-state index in [4.69, 9.17) is 20.2 Å². The molecule has 0 saturated carbocycles. The van der Waals surface area contributed by atoms with Crippen molar-refractivity contribution in [3.05, 3.63) is 36.8 Å². The number of nitrogens with two attached hydrogens (primary N) is 1. The van der Waals surface area contributed by atoms with Crippen molar-refractivity contribution in [2.24, 2.45) is 0 Å². The number of hydrogen-bond acceptors (Lipinski definition) is 12. The number of pyridine rings is 1. The van der Waals surface area contributed by atoms with Gasteiger partial charge in [0.05, 0.1) is 31.6 Å². The minimum atomic E-state index is 0.185. The van der Waals surface area contributed by atoms with Crippen molar-refractivity contribution >= 4 is 34.3 Å². The van der Waals surface area contributed by atoms with Crippen LogP contribution in [0.25, 0.3) is 16.7 Å². The van der Waals surface area contributed by atoms with Gasteiger partial charge in [-0.15, -0.1) is 5.10 Å². The highest BCUT2D eigenvalue weighted by atomic mass is 16.5. The van der Waals surface area contributed by atoms with Crippen LogP contribution in [0, 0.1) is 0 Å². The molecule has 0 aliphatic carbocycles. The van der Waals surface area contributed by atoms with Gasteiger partial charge >= 0.3 is 0 Å². The van der Waals surface area contributed by atoms with Crippen molar-refractivity contribution in [2.75, 3.05) is 76.5 Å². The first-order chi connectivity index (χ1) is 19.5. The van der Waals surface area contributed by atoms with E-state index in [1.54, 1.807) is 32.5 Å². The highest BCUT2D eigenvalue weighted by Gasteiger charge is 2.27. The summed E-state index contributed by atoms with van der Waals surface area (Å²) in [4.78, 5) is 25.3. The maximum atomic E-state index is 6.24. The van der Waals surface area contributed by atoms with E-state index in [1.165, 1.54) is 36.9 Å². The second kappa shape index (κ2) is 11.1. The Morgan fingerprint density at radius 1 is 0.925 bits per heavy atom. The molecule has 0 unspecified atom stereocenters. The first-order valence-corrected chi connectivity index (χ1v) is 13.5. The Bertz CT molecular complexity index is 1460. The minimum absolute atomic E-state index is 0.185. The molecule has 2 aliphatic heterocycles. The van der Waals surface area contributed by atoms with E-state index in [2.05, 4.69) is 47.1 Å². The Balaban J connectivity index is 1.13. The lowest BCUT2D eigenvalue weighted by atomic mass is 10.0. The number of likely N-dealkylation sites (N-methyl/N-ethyl adjacent to an activating group) is 1. The van der Waals surface area contributed by atoms with E-state index < -0.39 is 0 Å². The zero-order chi connectivity index (χ0) is 27.6. The molecule has 4 aromatic rings. The fraction of sp³-hybridized carbons (Fsp3) is 0.444. The van der Waals surface area contributed by atoms with Crippen LogP contribution in [0.3, 0.4) is 0 Å². The number of methoxy groups -OCH3 is 2. The molecule has 40 heavy (non-hydrogen) atoms. The first-order valence-electron chi connectivity index (χ1n) is 13.5. The summed E-state index contributed by atoms with van der Waals surface area (Å²) in [5.41, 5.74) is 7.68. The van der Waals surface area contributed by atoms with Crippen molar-refractivity contribution in [3.8, 4) is 17.3 Å². The number of hydrogen-bond donors (Lipinski definition) is 2. The molecule has 2 saturated heterocycles. The van der Waals surface area contributed by atoms with Gasteiger partial charge in [0.15, 0.2) is 17.3 Å². The minimum Gasteiger partial charge on any atom is -0.493 e. The van der Waals surface area contributed by atoms with E-state index in [-0.39, 0.29) is 5.95 Å². The molecule has 1 aromatic carbocycles. The number of nitrogens with zero attached hydrogens (tertiary/aromatic N) is 9. The van der Waals surface area contributed by atoms with Gasteiger partial charge in [0.25, 0.3) is 0 Å². The summed E-state index contributed by atoms with van der Waals surface area (Å²) < 4.78 is 12.3. The van der Waals surface area contributed by atoms with E-state index in [9.17, 15) is 0 Å². The van der Waals surface area contributed by atoms with Crippen LogP contribution in [-0.4, -0.2) is 106 Å². The number of fused-ring (bicyclic) bond motifs is 1. The summed E-state index contributed by atoms with van der Waals surface area (Å²) in [6.45, 7) is 6.70. The predicted octanol–water partition coefficient (Wildman–Crippen LogP) is 2.16. The maximum absolute atomic E-state index is 6.24. The SMILES string of the molecule is COc1cc2ncnc(-n3nc(Nc4ccc(N5CCC(N6CCN(C)CC6)CC5)nc4)nc3N)c2cc1OC. The number of rotatable bonds is 7. The second-order valence-electron chi connectivity index (χ2n) is 10.2. The molecule has 13 heteroatoms. The average Bonchev–Trinajstić information content (AvgIpc) is 3.36. The van der Waals surface area contributed by atoms with Gasteiger partial charge in [0.1, 0.15) is 12.1 Å². The van der Waals surface area contributed by atoms with Crippen molar-refractivity contribution in [1.82, 2.24) is 39.5 Å². The highest BCUT2D eigenvalue weighted by Crippen LogP contribution is 2.33. The Morgan fingerprint density at radius 3 is 2.38 bits per heavy atom. The lowest BCUT2D eigenvalue weighted by Crippen LogP contribution is -2.52. The zero-order valence-corrected chi connectivity index (χ0v) is 23.1. The summed E-state index contributed by atoms with van der Waals surface area (Å²) >= 11 is 0. The molecule has 210 valence electrons. The topological polar surface area (TPSA) is 136 Å². The van der Waals surface area contributed by atoms with Gasteiger partial charge in [-0.05, 0) is 38.1 Å². The third-order valence-corrected chi connectivity index (χ3v) is 7.80. The molecule has 2 aliphatic rings. The summed E-state index contributed by atoms with van der Waals surface area (Å²) in [7, 11) is 5.36. The smallest absolute Gasteiger partial charge is 0.248 e. The van der Waals surface area contributed by atoms with Gasteiger partial charge in [-0.2, -0.15) is 9.67 Å². The molecule has 2 fully saturated rings. The number of piperidine rings is 1. The van der Waals surface area contributed by atoms with Crippen molar-refractivity contribution < 1.29 is 9.47 Å². The Hall–Kier alpha value is -4.23. The Morgan fingerprint density at radius 2 is 1.68 bits per heavy atom.